The quantitative estimate of drug-likeness (QED) is 0.291. The molecule has 0 aliphatic rings. The fraction of sp³-hybridized carbons (Fsp3) is 0.0385. The fourth-order valence-corrected chi connectivity index (χ4v) is 3.28. The van der Waals surface area contributed by atoms with Gasteiger partial charge in [-0.2, -0.15) is 0 Å². The van der Waals surface area contributed by atoms with Crippen molar-refractivity contribution in [3.8, 4) is 0 Å². The first-order chi connectivity index (χ1) is 14.7. The van der Waals surface area contributed by atoms with Gasteiger partial charge < -0.3 is 16.4 Å². The summed E-state index contributed by atoms with van der Waals surface area (Å²) in [4.78, 5) is 12.1. The second kappa shape index (κ2) is 8.97. The first-order valence-electron chi connectivity index (χ1n) is 9.83. The number of para-hydroxylation sites is 2. The third kappa shape index (κ3) is 4.67. The second-order valence-corrected chi connectivity index (χ2v) is 7.03. The summed E-state index contributed by atoms with van der Waals surface area (Å²) < 4.78 is 0. The van der Waals surface area contributed by atoms with Gasteiger partial charge in [0, 0.05) is 23.7 Å². The smallest absolute Gasteiger partial charge is 0.248 e. The number of hydrogen-bond acceptors (Lipinski definition) is 3. The number of rotatable bonds is 6. The van der Waals surface area contributed by atoms with E-state index in [-0.39, 0.29) is 5.91 Å². The number of nitrogens with two attached hydrogens (primary N) is 1. The van der Waals surface area contributed by atoms with E-state index in [2.05, 4.69) is 59.2 Å². The predicted octanol–water partition coefficient (Wildman–Crippen LogP) is 5.69. The van der Waals surface area contributed by atoms with E-state index in [0.29, 0.717) is 11.4 Å². The molecule has 0 saturated carbocycles. The van der Waals surface area contributed by atoms with Crippen LogP contribution in [0.1, 0.15) is 11.1 Å². The molecule has 0 fully saturated rings. The molecule has 0 spiro atoms. The largest absolute Gasteiger partial charge is 0.397 e. The van der Waals surface area contributed by atoms with Crippen LogP contribution in [0.4, 0.5) is 17.1 Å². The van der Waals surface area contributed by atoms with Gasteiger partial charge in [-0.05, 0) is 40.8 Å². The van der Waals surface area contributed by atoms with Crippen LogP contribution in [0.2, 0.25) is 0 Å². The first-order valence-corrected chi connectivity index (χ1v) is 9.83. The number of anilines is 3. The Morgan fingerprint density at radius 3 is 2.33 bits per heavy atom. The third-order valence-corrected chi connectivity index (χ3v) is 4.90. The molecule has 0 unspecified atom stereocenters. The Kier molecular flexibility index (Phi) is 5.76. The highest BCUT2D eigenvalue weighted by molar-refractivity contribution is 6.03. The van der Waals surface area contributed by atoms with Crippen molar-refractivity contribution in [2.75, 3.05) is 16.4 Å². The maximum Gasteiger partial charge on any atom is 0.248 e. The second-order valence-electron chi connectivity index (χ2n) is 7.03. The standard InChI is InChI=1S/C26H23N3O/c27-23-9-3-4-10-25(23)29-26(30)17-16-19-12-14-20(15-13-19)18-28-24-11-5-7-21-6-1-2-8-22(21)24/h1-17,28H,18,27H2,(H,29,30)/b17-16-. The van der Waals surface area contributed by atoms with Crippen molar-refractivity contribution in [1.29, 1.82) is 0 Å². The molecule has 0 heterocycles. The molecular formula is C26H23N3O. The molecule has 0 aromatic heterocycles. The Balaban J connectivity index is 1.36. The average Bonchev–Trinajstić information content (AvgIpc) is 2.78. The minimum atomic E-state index is -0.213. The van der Waals surface area contributed by atoms with E-state index in [1.807, 2.05) is 30.3 Å². The van der Waals surface area contributed by atoms with Crippen LogP contribution in [-0.2, 0) is 11.3 Å². The SMILES string of the molecule is Nc1ccccc1NC(=O)/C=C\c1ccc(CNc2cccc3ccccc23)cc1. The van der Waals surface area contributed by atoms with Crippen molar-refractivity contribution in [3.05, 3.63) is 108 Å². The average molecular weight is 393 g/mol. The fourth-order valence-electron chi connectivity index (χ4n) is 3.28. The topological polar surface area (TPSA) is 67.1 Å². The van der Waals surface area contributed by atoms with Gasteiger partial charge in [-0.1, -0.05) is 72.8 Å². The molecule has 30 heavy (non-hydrogen) atoms. The molecule has 4 heteroatoms. The molecule has 0 aliphatic heterocycles. The summed E-state index contributed by atoms with van der Waals surface area (Å²) >= 11 is 0. The maximum atomic E-state index is 12.1. The molecule has 0 radical (unpaired) electrons. The van der Waals surface area contributed by atoms with Crippen molar-refractivity contribution in [2.24, 2.45) is 0 Å². The van der Waals surface area contributed by atoms with E-state index < -0.39 is 0 Å². The Labute approximate surface area is 176 Å². The number of amides is 1. The highest BCUT2D eigenvalue weighted by Gasteiger charge is 2.02. The third-order valence-electron chi connectivity index (χ3n) is 4.90. The van der Waals surface area contributed by atoms with E-state index in [4.69, 9.17) is 5.73 Å². The maximum absolute atomic E-state index is 12.1. The van der Waals surface area contributed by atoms with Crippen LogP contribution in [0.3, 0.4) is 0 Å². The molecule has 4 aromatic rings. The number of fused-ring (bicyclic) bond motifs is 1. The number of carbonyl (C=O) groups excluding carboxylic acids is 1. The lowest BCUT2D eigenvalue weighted by Gasteiger charge is -2.10. The van der Waals surface area contributed by atoms with Crippen LogP contribution in [0.15, 0.2) is 97.1 Å². The number of nitrogens with one attached hydrogen (secondary N) is 2. The number of carbonyl (C=O) groups is 1. The number of nitrogen functional groups attached to an aromatic ring is 1. The van der Waals surface area contributed by atoms with Gasteiger partial charge in [0.1, 0.15) is 0 Å². The zero-order valence-corrected chi connectivity index (χ0v) is 16.5. The van der Waals surface area contributed by atoms with Gasteiger partial charge in [-0.15, -0.1) is 0 Å². The molecule has 0 bridgehead atoms. The van der Waals surface area contributed by atoms with E-state index in [9.17, 15) is 4.79 Å². The van der Waals surface area contributed by atoms with Gasteiger partial charge in [0.05, 0.1) is 11.4 Å². The molecule has 0 atom stereocenters. The molecular weight excluding hydrogens is 370 g/mol. The summed E-state index contributed by atoms with van der Waals surface area (Å²) in [5.74, 6) is -0.213. The van der Waals surface area contributed by atoms with Crippen LogP contribution in [-0.4, -0.2) is 5.91 Å². The normalized spacial score (nSPS) is 10.9. The lowest BCUT2D eigenvalue weighted by molar-refractivity contribution is -0.111. The Hall–Kier alpha value is -4.05. The predicted molar refractivity (Wildman–Crippen MR) is 126 cm³/mol. The summed E-state index contributed by atoms with van der Waals surface area (Å²) in [5, 5.41) is 8.73. The number of hydrogen-bond donors (Lipinski definition) is 3. The van der Waals surface area contributed by atoms with Crippen molar-refractivity contribution in [3.63, 3.8) is 0 Å². The van der Waals surface area contributed by atoms with Gasteiger partial charge >= 0.3 is 0 Å². The Bertz CT molecular complexity index is 1190. The summed E-state index contributed by atoms with van der Waals surface area (Å²) in [5.41, 5.74) is 10.3. The monoisotopic (exact) mass is 393 g/mol. The minimum absolute atomic E-state index is 0.213. The Morgan fingerprint density at radius 2 is 1.50 bits per heavy atom. The molecule has 4 aromatic carbocycles. The summed E-state index contributed by atoms with van der Waals surface area (Å²) in [7, 11) is 0. The van der Waals surface area contributed by atoms with E-state index in [1.165, 1.54) is 22.4 Å². The highest BCUT2D eigenvalue weighted by Crippen LogP contribution is 2.23. The molecule has 0 aliphatic carbocycles. The minimum Gasteiger partial charge on any atom is -0.397 e. The van der Waals surface area contributed by atoms with Gasteiger partial charge in [-0.3, -0.25) is 4.79 Å². The highest BCUT2D eigenvalue weighted by atomic mass is 16.1. The van der Waals surface area contributed by atoms with Crippen LogP contribution in [0, 0.1) is 0 Å². The summed E-state index contributed by atoms with van der Waals surface area (Å²) in [6, 6.07) is 29.9. The molecule has 0 saturated heterocycles. The lowest BCUT2D eigenvalue weighted by atomic mass is 10.1. The van der Waals surface area contributed by atoms with Crippen molar-refractivity contribution >= 4 is 39.8 Å². The lowest BCUT2D eigenvalue weighted by Crippen LogP contribution is -2.09. The van der Waals surface area contributed by atoms with Crippen LogP contribution in [0.25, 0.3) is 16.8 Å². The van der Waals surface area contributed by atoms with E-state index in [1.54, 1.807) is 18.2 Å². The zero-order valence-electron chi connectivity index (χ0n) is 16.5. The summed E-state index contributed by atoms with van der Waals surface area (Å²) in [6.07, 6.45) is 3.30. The van der Waals surface area contributed by atoms with Crippen LogP contribution < -0.4 is 16.4 Å². The van der Waals surface area contributed by atoms with Gasteiger partial charge in [-0.25, -0.2) is 0 Å². The Morgan fingerprint density at radius 1 is 0.800 bits per heavy atom. The molecule has 4 N–H and O–H groups in total. The van der Waals surface area contributed by atoms with Crippen molar-refractivity contribution < 1.29 is 4.79 Å². The van der Waals surface area contributed by atoms with Gasteiger partial charge in [0.25, 0.3) is 0 Å². The van der Waals surface area contributed by atoms with Gasteiger partial charge in [0.2, 0.25) is 5.91 Å². The molecule has 1 amide bonds. The van der Waals surface area contributed by atoms with E-state index >= 15 is 0 Å². The van der Waals surface area contributed by atoms with Crippen LogP contribution in [0.5, 0.6) is 0 Å². The first kappa shape index (κ1) is 19.3. The zero-order chi connectivity index (χ0) is 20.8. The van der Waals surface area contributed by atoms with Crippen molar-refractivity contribution in [1.82, 2.24) is 0 Å². The summed E-state index contributed by atoms with van der Waals surface area (Å²) in [6.45, 7) is 0.728. The molecule has 148 valence electrons. The van der Waals surface area contributed by atoms with E-state index in [0.717, 1.165) is 17.8 Å². The van der Waals surface area contributed by atoms with Gasteiger partial charge in [0.15, 0.2) is 0 Å². The number of benzene rings is 4. The van der Waals surface area contributed by atoms with Crippen molar-refractivity contribution in [2.45, 2.75) is 6.54 Å². The molecule has 4 nitrogen and oxygen atoms in total. The molecule has 4 rings (SSSR count). The van der Waals surface area contributed by atoms with Crippen LogP contribution >= 0.6 is 0 Å².